The Morgan fingerprint density at radius 1 is 1.39 bits per heavy atom. The minimum atomic E-state index is -0.448. The number of hydrogen-bond acceptors (Lipinski definition) is 4. The van der Waals surface area contributed by atoms with Gasteiger partial charge in [-0.2, -0.15) is 4.98 Å². The number of aryl methyl sites for hydroxylation is 1. The van der Waals surface area contributed by atoms with Crippen molar-refractivity contribution in [2.24, 2.45) is 0 Å². The zero-order chi connectivity index (χ0) is 13.1. The molecule has 2 atom stereocenters. The lowest BCUT2D eigenvalue weighted by atomic mass is 10.0. The van der Waals surface area contributed by atoms with E-state index in [1.54, 1.807) is 0 Å². The second-order valence-corrected chi connectivity index (χ2v) is 4.59. The molecule has 0 saturated carbocycles. The third-order valence-corrected chi connectivity index (χ3v) is 3.10. The van der Waals surface area contributed by atoms with Crippen LogP contribution >= 0.6 is 0 Å². The fourth-order valence-corrected chi connectivity index (χ4v) is 1.84. The highest BCUT2D eigenvalue weighted by molar-refractivity contribution is 5.55. The topological polar surface area (TPSA) is 59.2 Å². The standard InChI is InChI=1S/C14H18N2O2/c1-4-12(17)10(3)14-15-13(16-18-14)11-7-5-6-9(2)8-11/h5-8,10,12,17H,4H2,1-3H3. The summed E-state index contributed by atoms with van der Waals surface area (Å²) in [5.41, 5.74) is 2.09. The van der Waals surface area contributed by atoms with Crippen molar-refractivity contribution in [1.29, 1.82) is 0 Å². The SMILES string of the molecule is CCC(O)C(C)c1nc(-c2cccc(C)c2)no1. The van der Waals surface area contributed by atoms with Crippen LogP contribution in [0.1, 0.15) is 37.6 Å². The summed E-state index contributed by atoms with van der Waals surface area (Å²) >= 11 is 0. The van der Waals surface area contributed by atoms with Crippen LogP contribution in [0.4, 0.5) is 0 Å². The van der Waals surface area contributed by atoms with Gasteiger partial charge in [0.05, 0.1) is 12.0 Å². The Kier molecular flexibility index (Phi) is 3.77. The molecule has 0 aliphatic rings. The first-order chi connectivity index (χ1) is 8.61. The van der Waals surface area contributed by atoms with E-state index >= 15 is 0 Å². The molecule has 1 heterocycles. The van der Waals surface area contributed by atoms with E-state index in [1.807, 2.05) is 45.0 Å². The molecule has 0 spiro atoms. The minimum Gasteiger partial charge on any atom is -0.392 e. The van der Waals surface area contributed by atoms with Crippen molar-refractivity contribution >= 4 is 0 Å². The first-order valence-corrected chi connectivity index (χ1v) is 6.20. The van der Waals surface area contributed by atoms with E-state index in [9.17, 15) is 5.11 Å². The number of rotatable bonds is 4. The molecule has 2 rings (SSSR count). The van der Waals surface area contributed by atoms with E-state index in [4.69, 9.17) is 4.52 Å². The normalized spacial score (nSPS) is 14.4. The number of hydrogen-bond donors (Lipinski definition) is 1. The maximum absolute atomic E-state index is 9.78. The summed E-state index contributed by atoms with van der Waals surface area (Å²) < 4.78 is 5.22. The molecule has 0 saturated heterocycles. The molecule has 0 aliphatic heterocycles. The molecule has 0 radical (unpaired) electrons. The van der Waals surface area contributed by atoms with Crippen molar-refractivity contribution in [3.63, 3.8) is 0 Å². The Balaban J connectivity index is 2.25. The zero-order valence-electron chi connectivity index (χ0n) is 10.9. The molecule has 0 amide bonds. The molecule has 0 aliphatic carbocycles. The average Bonchev–Trinajstić information content (AvgIpc) is 2.86. The minimum absolute atomic E-state index is 0.138. The zero-order valence-corrected chi connectivity index (χ0v) is 10.9. The highest BCUT2D eigenvalue weighted by Crippen LogP contribution is 2.23. The third kappa shape index (κ3) is 2.59. The molecule has 0 fully saturated rings. The van der Waals surface area contributed by atoms with Crippen LogP contribution in [0, 0.1) is 6.92 Å². The Morgan fingerprint density at radius 3 is 2.83 bits per heavy atom. The predicted molar refractivity (Wildman–Crippen MR) is 69.2 cm³/mol. The van der Waals surface area contributed by atoms with Gasteiger partial charge in [0, 0.05) is 5.56 Å². The summed E-state index contributed by atoms with van der Waals surface area (Å²) in [6, 6.07) is 7.94. The second kappa shape index (κ2) is 5.31. The van der Waals surface area contributed by atoms with Gasteiger partial charge in [0.2, 0.25) is 11.7 Å². The van der Waals surface area contributed by atoms with Gasteiger partial charge in [0.15, 0.2) is 0 Å². The van der Waals surface area contributed by atoms with E-state index in [-0.39, 0.29) is 5.92 Å². The molecule has 4 nitrogen and oxygen atoms in total. The van der Waals surface area contributed by atoms with Gasteiger partial charge in [0.25, 0.3) is 0 Å². The van der Waals surface area contributed by atoms with E-state index in [0.29, 0.717) is 18.1 Å². The summed E-state index contributed by atoms with van der Waals surface area (Å²) in [6.45, 7) is 5.84. The van der Waals surface area contributed by atoms with Gasteiger partial charge >= 0.3 is 0 Å². The smallest absolute Gasteiger partial charge is 0.232 e. The van der Waals surface area contributed by atoms with E-state index in [0.717, 1.165) is 11.1 Å². The van der Waals surface area contributed by atoms with E-state index in [1.165, 1.54) is 0 Å². The molecule has 1 aromatic carbocycles. The lowest BCUT2D eigenvalue weighted by Gasteiger charge is -2.11. The van der Waals surface area contributed by atoms with Crippen LogP contribution in [0.5, 0.6) is 0 Å². The number of aliphatic hydroxyl groups excluding tert-OH is 1. The monoisotopic (exact) mass is 246 g/mol. The molecule has 18 heavy (non-hydrogen) atoms. The fourth-order valence-electron chi connectivity index (χ4n) is 1.84. The summed E-state index contributed by atoms with van der Waals surface area (Å²) in [5, 5.41) is 13.7. The van der Waals surface area contributed by atoms with Crippen molar-refractivity contribution in [3.8, 4) is 11.4 Å². The Hall–Kier alpha value is -1.68. The van der Waals surface area contributed by atoms with Crippen LogP contribution in [-0.2, 0) is 0 Å². The molecule has 2 unspecified atom stereocenters. The van der Waals surface area contributed by atoms with Gasteiger partial charge in [-0.1, -0.05) is 42.8 Å². The van der Waals surface area contributed by atoms with Gasteiger partial charge in [-0.05, 0) is 19.4 Å². The largest absolute Gasteiger partial charge is 0.392 e. The Morgan fingerprint density at radius 2 is 2.17 bits per heavy atom. The molecule has 4 heteroatoms. The van der Waals surface area contributed by atoms with Crippen molar-refractivity contribution in [1.82, 2.24) is 10.1 Å². The van der Waals surface area contributed by atoms with Crippen LogP contribution in [0.3, 0.4) is 0 Å². The van der Waals surface area contributed by atoms with Crippen LogP contribution in [0.15, 0.2) is 28.8 Å². The lowest BCUT2D eigenvalue weighted by molar-refractivity contribution is 0.129. The summed E-state index contributed by atoms with van der Waals surface area (Å²) in [4.78, 5) is 4.35. The van der Waals surface area contributed by atoms with Crippen LogP contribution in [0.2, 0.25) is 0 Å². The molecule has 1 N–H and O–H groups in total. The summed E-state index contributed by atoms with van der Waals surface area (Å²) in [5.74, 6) is 0.922. The average molecular weight is 246 g/mol. The lowest BCUT2D eigenvalue weighted by Crippen LogP contribution is -2.14. The second-order valence-electron chi connectivity index (χ2n) is 4.59. The van der Waals surface area contributed by atoms with Crippen molar-refractivity contribution in [3.05, 3.63) is 35.7 Å². The quantitative estimate of drug-likeness (QED) is 0.901. The number of nitrogens with zero attached hydrogens (tertiary/aromatic N) is 2. The maximum atomic E-state index is 9.78. The van der Waals surface area contributed by atoms with E-state index < -0.39 is 6.10 Å². The van der Waals surface area contributed by atoms with Crippen LogP contribution < -0.4 is 0 Å². The summed E-state index contributed by atoms with van der Waals surface area (Å²) in [6.07, 6.45) is 0.222. The van der Waals surface area contributed by atoms with Gasteiger partial charge < -0.3 is 9.63 Å². The number of aromatic nitrogens is 2. The van der Waals surface area contributed by atoms with Gasteiger partial charge in [-0.25, -0.2) is 0 Å². The molecule has 0 bridgehead atoms. The Bertz CT molecular complexity index is 522. The molecule has 2 aromatic rings. The summed E-state index contributed by atoms with van der Waals surface area (Å²) in [7, 11) is 0. The molecular formula is C14H18N2O2. The van der Waals surface area contributed by atoms with Gasteiger partial charge in [0.1, 0.15) is 0 Å². The number of benzene rings is 1. The van der Waals surface area contributed by atoms with Crippen molar-refractivity contribution in [2.75, 3.05) is 0 Å². The van der Waals surface area contributed by atoms with Gasteiger partial charge in [-0.15, -0.1) is 0 Å². The Labute approximate surface area is 107 Å². The van der Waals surface area contributed by atoms with Gasteiger partial charge in [-0.3, -0.25) is 0 Å². The number of aliphatic hydroxyl groups is 1. The van der Waals surface area contributed by atoms with Crippen LogP contribution in [0.25, 0.3) is 11.4 Å². The van der Waals surface area contributed by atoms with Crippen LogP contribution in [-0.4, -0.2) is 21.4 Å². The third-order valence-electron chi connectivity index (χ3n) is 3.10. The first-order valence-electron chi connectivity index (χ1n) is 6.20. The predicted octanol–water partition coefficient (Wildman–Crippen LogP) is 2.92. The highest BCUT2D eigenvalue weighted by Gasteiger charge is 2.21. The molecular weight excluding hydrogens is 228 g/mol. The highest BCUT2D eigenvalue weighted by atomic mass is 16.5. The fraction of sp³-hybridized carbons (Fsp3) is 0.429. The van der Waals surface area contributed by atoms with Crippen molar-refractivity contribution < 1.29 is 9.63 Å². The maximum Gasteiger partial charge on any atom is 0.232 e. The molecule has 96 valence electrons. The molecule has 1 aromatic heterocycles. The van der Waals surface area contributed by atoms with E-state index in [2.05, 4.69) is 10.1 Å². The van der Waals surface area contributed by atoms with Crippen molar-refractivity contribution in [2.45, 2.75) is 39.2 Å². The first kappa shape index (κ1) is 12.8.